The van der Waals surface area contributed by atoms with E-state index in [9.17, 15) is 44.6 Å². The van der Waals surface area contributed by atoms with Gasteiger partial charge < -0.3 is 39.9 Å². The van der Waals surface area contributed by atoms with E-state index in [-0.39, 0.29) is 12.8 Å². The second-order valence-corrected chi connectivity index (χ2v) is 16.3. The van der Waals surface area contributed by atoms with Crippen LogP contribution in [0.5, 0.6) is 0 Å². The maximum absolute atomic E-state index is 12.8. The number of rotatable bonds is 34. The third-order valence-corrected chi connectivity index (χ3v) is 10.8. The molecule has 14 heteroatoms. The maximum atomic E-state index is 12.8. The summed E-state index contributed by atoms with van der Waals surface area (Å²) >= 11 is 0. The number of hydrogen-bond acceptors (Lipinski definition) is 12. The number of hydrogen-bond donors (Lipinski definition) is 6. The van der Waals surface area contributed by atoms with Crippen LogP contribution in [0, 0.1) is 0 Å². The van der Waals surface area contributed by atoms with Gasteiger partial charge in [0.1, 0.15) is 43.2 Å². The van der Waals surface area contributed by atoms with Crippen LogP contribution in [0.25, 0.3) is 0 Å². The second kappa shape index (κ2) is 32.3. The Labute approximate surface area is 330 Å². The molecule has 0 aliphatic heterocycles. The van der Waals surface area contributed by atoms with E-state index in [1.165, 1.54) is 57.8 Å². The molecule has 0 aromatic rings. The fourth-order valence-corrected chi connectivity index (χ4v) is 7.30. The van der Waals surface area contributed by atoms with Crippen LogP contribution in [0.3, 0.4) is 0 Å². The normalized spacial score (nSPS) is 23.3. The van der Waals surface area contributed by atoms with Crippen LogP contribution < -0.4 is 0 Å². The Morgan fingerprint density at radius 3 is 1.55 bits per heavy atom. The lowest BCUT2D eigenvalue weighted by Crippen LogP contribution is -2.64. The largest absolute Gasteiger partial charge is 0.472 e. The number of aliphatic hydroxyl groups excluding tert-OH is 5. The van der Waals surface area contributed by atoms with Crippen molar-refractivity contribution in [2.24, 2.45) is 0 Å². The van der Waals surface area contributed by atoms with Gasteiger partial charge in [-0.15, -0.1) is 0 Å². The number of allylic oxidation sites excluding steroid dienone is 4. The van der Waals surface area contributed by atoms with Crippen LogP contribution in [0.1, 0.15) is 168 Å². The van der Waals surface area contributed by atoms with Gasteiger partial charge >= 0.3 is 19.8 Å². The maximum Gasteiger partial charge on any atom is 0.472 e. The van der Waals surface area contributed by atoms with Gasteiger partial charge in [0.2, 0.25) is 0 Å². The van der Waals surface area contributed by atoms with Crippen molar-refractivity contribution in [2.75, 3.05) is 13.2 Å². The summed E-state index contributed by atoms with van der Waals surface area (Å²) in [6.45, 7) is 3.20. The summed E-state index contributed by atoms with van der Waals surface area (Å²) in [5, 5.41) is 50.0. The summed E-state index contributed by atoms with van der Waals surface area (Å²) < 4.78 is 33.4. The van der Waals surface area contributed by atoms with E-state index >= 15 is 0 Å². The molecule has 1 aliphatic carbocycles. The Morgan fingerprint density at radius 1 is 0.564 bits per heavy atom. The van der Waals surface area contributed by atoms with Crippen molar-refractivity contribution in [2.45, 2.75) is 211 Å². The second-order valence-electron chi connectivity index (χ2n) is 14.8. The molecular formula is C41H75O13P. The molecule has 0 bridgehead atoms. The van der Waals surface area contributed by atoms with Crippen LogP contribution in [0.15, 0.2) is 24.3 Å². The molecule has 0 radical (unpaired) electrons. The van der Waals surface area contributed by atoms with Crippen molar-refractivity contribution in [3.05, 3.63) is 24.3 Å². The quantitative estimate of drug-likeness (QED) is 0.0164. The Morgan fingerprint density at radius 2 is 1.02 bits per heavy atom. The molecule has 3 unspecified atom stereocenters. The first-order valence-corrected chi connectivity index (χ1v) is 22.6. The van der Waals surface area contributed by atoms with Crippen LogP contribution >= 0.6 is 7.82 Å². The zero-order valence-corrected chi connectivity index (χ0v) is 34.6. The molecule has 0 aromatic heterocycles. The third-order valence-electron chi connectivity index (χ3n) is 9.78. The Bertz CT molecular complexity index is 1070. The number of aliphatic hydroxyl groups is 5. The number of unbranched alkanes of at least 4 members (excludes halogenated alkanes) is 18. The van der Waals surface area contributed by atoms with Crippen LogP contribution in [-0.4, -0.2) is 98.3 Å². The van der Waals surface area contributed by atoms with Crippen LogP contribution in [0.2, 0.25) is 0 Å². The highest BCUT2D eigenvalue weighted by molar-refractivity contribution is 7.47. The highest BCUT2D eigenvalue weighted by Crippen LogP contribution is 2.47. The summed E-state index contributed by atoms with van der Waals surface area (Å²) in [5.41, 5.74) is 0. The van der Waals surface area contributed by atoms with Crippen molar-refractivity contribution < 1.29 is 63.1 Å². The molecule has 0 amide bonds. The van der Waals surface area contributed by atoms with Gasteiger partial charge in [-0.05, 0) is 38.5 Å². The van der Waals surface area contributed by atoms with Crippen LogP contribution in [0.4, 0.5) is 0 Å². The monoisotopic (exact) mass is 806 g/mol. The van der Waals surface area contributed by atoms with Crippen molar-refractivity contribution in [3.8, 4) is 0 Å². The predicted molar refractivity (Wildman–Crippen MR) is 212 cm³/mol. The van der Waals surface area contributed by atoms with E-state index in [1.807, 2.05) is 0 Å². The lowest BCUT2D eigenvalue weighted by molar-refractivity contribution is -0.220. The fraction of sp³-hybridized carbons (Fsp3) is 0.854. The molecule has 0 aromatic carbocycles. The van der Waals surface area contributed by atoms with E-state index in [0.29, 0.717) is 12.8 Å². The first-order valence-electron chi connectivity index (χ1n) is 21.1. The van der Waals surface area contributed by atoms with Crippen molar-refractivity contribution in [1.29, 1.82) is 0 Å². The zero-order valence-electron chi connectivity index (χ0n) is 33.7. The lowest BCUT2D eigenvalue weighted by Gasteiger charge is -2.41. The average molecular weight is 807 g/mol. The van der Waals surface area contributed by atoms with E-state index < -0.39 is 75.7 Å². The number of esters is 2. The Hall–Kier alpha value is -1.67. The minimum atomic E-state index is -5.11. The highest BCUT2D eigenvalue weighted by Gasteiger charge is 2.51. The lowest BCUT2D eigenvalue weighted by atomic mass is 9.85. The number of phosphoric acid groups is 1. The van der Waals surface area contributed by atoms with Gasteiger partial charge in [0, 0.05) is 12.8 Å². The van der Waals surface area contributed by atoms with Gasteiger partial charge in [0.05, 0.1) is 6.61 Å². The first kappa shape index (κ1) is 51.3. The van der Waals surface area contributed by atoms with E-state index in [2.05, 4.69) is 38.2 Å². The van der Waals surface area contributed by atoms with E-state index in [1.54, 1.807) is 0 Å². The molecule has 1 aliphatic rings. The van der Waals surface area contributed by atoms with Gasteiger partial charge in [0.25, 0.3) is 0 Å². The van der Waals surface area contributed by atoms with Gasteiger partial charge in [0.15, 0.2) is 6.10 Å². The minimum Gasteiger partial charge on any atom is -0.462 e. The number of carbonyl (C=O) groups is 2. The third kappa shape index (κ3) is 25.3. The smallest absolute Gasteiger partial charge is 0.462 e. The highest BCUT2D eigenvalue weighted by atomic mass is 31.2. The van der Waals surface area contributed by atoms with Crippen LogP contribution in [-0.2, 0) is 32.7 Å². The number of ether oxygens (including phenoxy) is 2. The molecule has 6 N–H and O–H groups in total. The summed E-state index contributed by atoms with van der Waals surface area (Å²) in [5.74, 6) is -1.11. The molecule has 322 valence electrons. The molecule has 0 heterocycles. The SMILES string of the molecule is CCC/C=C\C/C=C\CCCCCCCC(=O)O[C@H](COC(=O)CCCCCCCCCCCCCCC)COP(=O)(O)OC1[C@H](O)[C@H](O)C(O)[C@H](O)[C@H]1O. The molecule has 55 heavy (non-hydrogen) atoms. The Balaban J connectivity index is 2.51. The molecular weight excluding hydrogens is 731 g/mol. The van der Waals surface area contributed by atoms with Gasteiger partial charge in [-0.3, -0.25) is 18.6 Å². The van der Waals surface area contributed by atoms with E-state index in [4.69, 9.17) is 18.5 Å². The summed E-state index contributed by atoms with van der Waals surface area (Å²) in [4.78, 5) is 35.5. The zero-order chi connectivity index (χ0) is 40.7. The summed E-state index contributed by atoms with van der Waals surface area (Å²) in [6.07, 6.45) is 19.6. The Kier molecular flexibility index (Phi) is 30.2. The number of carbonyl (C=O) groups excluding carboxylic acids is 2. The molecule has 0 spiro atoms. The van der Waals surface area contributed by atoms with Crippen molar-refractivity contribution in [3.63, 3.8) is 0 Å². The van der Waals surface area contributed by atoms with Crippen molar-refractivity contribution >= 4 is 19.8 Å². The van der Waals surface area contributed by atoms with Gasteiger partial charge in [-0.2, -0.15) is 0 Å². The predicted octanol–water partition coefficient (Wildman–Crippen LogP) is 7.28. The molecule has 13 nitrogen and oxygen atoms in total. The minimum absolute atomic E-state index is 0.0826. The summed E-state index contributed by atoms with van der Waals surface area (Å²) in [7, 11) is -5.11. The average Bonchev–Trinajstić information content (AvgIpc) is 3.16. The molecule has 0 saturated heterocycles. The fourth-order valence-electron chi connectivity index (χ4n) is 6.32. The van der Waals surface area contributed by atoms with Crippen molar-refractivity contribution in [1.82, 2.24) is 0 Å². The molecule has 1 saturated carbocycles. The molecule has 8 atom stereocenters. The summed E-state index contributed by atoms with van der Waals surface area (Å²) in [6, 6.07) is 0. The first-order chi connectivity index (χ1) is 26.4. The number of phosphoric ester groups is 1. The van der Waals surface area contributed by atoms with E-state index in [0.717, 1.165) is 70.6 Å². The van der Waals surface area contributed by atoms with Gasteiger partial charge in [-0.25, -0.2) is 4.57 Å². The molecule has 1 rings (SSSR count). The van der Waals surface area contributed by atoms with Gasteiger partial charge in [-0.1, -0.05) is 141 Å². The molecule has 1 fully saturated rings. The topological polar surface area (TPSA) is 210 Å². The standard InChI is InChI=1S/C41H75O13P/c1-3-5-7-9-11-13-15-17-19-21-23-25-27-29-34(42)51-31-33(32-52-55(49,50)54-41-39(47)37(45)36(44)38(46)40(41)48)53-35(43)30-28-26-24-22-20-18-16-14-12-10-8-6-4-2/h8,10,14,16,33,36-41,44-48H,3-7,9,11-13,15,17-32H2,1-2H3,(H,49,50)/b10-8-,16-14-/t33-,36?,37-,38+,39-,40-,41?/m1/s1.